The van der Waals surface area contributed by atoms with Gasteiger partial charge in [-0.1, -0.05) is 0 Å². The molecule has 0 radical (unpaired) electrons. The first kappa shape index (κ1) is 20.5. The number of furan rings is 1. The zero-order valence-corrected chi connectivity index (χ0v) is 16.8. The van der Waals surface area contributed by atoms with E-state index in [9.17, 15) is 0 Å². The van der Waals surface area contributed by atoms with Crippen LogP contribution in [0.4, 0.5) is 0 Å². The number of aliphatic imine (C=N–C) groups is 1. The zero-order valence-electron chi connectivity index (χ0n) is 14.5. The maximum absolute atomic E-state index is 5.51. The molecule has 0 spiro atoms. The van der Waals surface area contributed by atoms with Gasteiger partial charge in [-0.25, -0.2) is 0 Å². The summed E-state index contributed by atoms with van der Waals surface area (Å²) in [6, 6.07) is 6.00. The van der Waals surface area contributed by atoms with Crippen LogP contribution in [0.1, 0.15) is 18.2 Å². The third kappa shape index (κ3) is 6.52. The minimum Gasteiger partial charge on any atom is -0.468 e. The van der Waals surface area contributed by atoms with Gasteiger partial charge < -0.3 is 15.1 Å². The Morgan fingerprint density at radius 3 is 2.79 bits per heavy atom. The van der Waals surface area contributed by atoms with Gasteiger partial charge in [0.15, 0.2) is 5.96 Å². The molecule has 0 aliphatic carbocycles. The van der Waals surface area contributed by atoms with Crippen LogP contribution in [-0.4, -0.2) is 54.9 Å². The van der Waals surface area contributed by atoms with Crippen LogP contribution in [0.2, 0.25) is 0 Å². The zero-order chi connectivity index (χ0) is 16.5. The van der Waals surface area contributed by atoms with E-state index in [1.165, 1.54) is 0 Å². The predicted molar refractivity (Wildman–Crippen MR) is 107 cm³/mol. The van der Waals surface area contributed by atoms with Gasteiger partial charge in [0.2, 0.25) is 0 Å². The maximum atomic E-state index is 5.51. The summed E-state index contributed by atoms with van der Waals surface area (Å²) in [4.78, 5) is 6.38. The molecule has 1 unspecified atom stereocenters. The molecule has 0 fully saturated rings. The average molecular weight is 446 g/mol. The summed E-state index contributed by atoms with van der Waals surface area (Å²) in [7, 11) is 5.85. The van der Waals surface area contributed by atoms with E-state index in [1.807, 2.05) is 43.2 Å². The summed E-state index contributed by atoms with van der Waals surface area (Å²) in [5, 5.41) is 10.9. The molecule has 24 heavy (non-hydrogen) atoms. The molecule has 134 valence electrons. The second-order valence-electron chi connectivity index (χ2n) is 5.50. The normalized spacial score (nSPS) is 12.8. The summed E-state index contributed by atoms with van der Waals surface area (Å²) in [6.45, 7) is 2.45. The molecule has 0 aliphatic heterocycles. The second kappa shape index (κ2) is 11.1. The standard InChI is InChI=1S/C16H26N6O.HI/c1-17-16(18-8-5-10-22-11-6-9-20-22)19-13-14(21(2)3)15-7-4-12-23-15;/h4,6-7,9,11-12,14H,5,8,10,13H2,1-3H3,(H2,17,18,19);1H. The number of halogens is 1. The van der Waals surface area contributed by atoms with Crippen molar-refractivity contribution >= 4 is 29.9 Å². The van der Waals surface area contributed by atoms with E-state index in [4.69, 9.17) is 4.42 Å². The van der Waals surface area contributed by atoms with Crippen molar-refractivity contribution < 1.29 is 4.42 Å². The van der Waals surface area contributed by atoms with Crippen molar-refractivity contribution in [2.45, 2.75) is 19.0 Å². The molecule has 2 heterocycles. The molecule has 2 N–H and O–H groups in total. The van der Waals surface area contributed by atoms with Crippen LogP contribution in [0.25, 0.3) is 0 Å². The van der Waals surface area contributed by atoms with Gasteiger partial charge in [-0.05, 0) is 38.7 Å². The predicted octanol–water partition coefficient (Wildman–Crippen LogP) is 1.95. The molecule has 2 aromatic heterocycles. The van der Waals surface area contributed by atoms with E-state index in [0.29, 0.717) is 0 Å². The van der Waals surface area contributed by atoms with E-state index < -0.39 is 0 Å². The van der Waals surface area contributed by atoms with Crippen LogP contribution in [-0.2, 0) is 6.54 Å². The van der Waals surface area contributed by atoms with E-state index in [0.717, 1.165) is 37.8 Å². The van der Waals surface area contributed by atoms with Gasteiger partial charge in [-0.3, -0.25) is 14.6 Å². The molecule has 7 nitrogen and oxygen atoms in total. The van der Waals surface area contributed by atoms with Crippen LogP contribution in [0.5, 0.6) is 0 Å². The number of hydrogen-bond acceptors (Lipinski definition) is 4. The van der Waals surface area contributed by atoms with Gasteiger partial charge in [0.05, 0.1) is 12.3 Å². The van der Waals surface area contributed by atoms with Crippen LogP contribution >= 0.6 is 24.0 Å². The minimum atomic E-state index is 0. The average Bonchev–Trinajstić information content (AvgIpc) is 3.22. The summed E-state index contributed by atoms with van der Waals surface area (Å²) >= 11 is 0. The fourth-order valence-corrected chi connectivity index (χ4v) is 2.31. The molecule has 0 aromatic carbocycles. The number of guanidine groups is 1. The molecule has 0 bridgehead atoms. The Labute approximate surface area is 160 Å². The Morgan fingerprint density at radius 1 is 1.38 bits per heavy atom. The minimum absolute atomic E-state index is 0. The van der Waals surface area contributed by atoms with Crippen LogP contribution in [0.15, 0.2) is 46.3 Å². The lowest BCUT2D eigenvalue weighted by Gasteiger charge is -2.23. The molecular weight excluding hydrogens is 419 g/mol. The third-order valence-corrected chi connectivity index (χ3v) is 3.60. The van der Waals surface area contributed by atoms with Gasteiger partial charge in [0, 0.05) is 39.1 Å². The lowest BCUT2D eigenvalue weighted by Crippen LogP contribution is -2.42. The van der Waals surface area contributed by atoms with Crippen molar-refractivity contribution in [1.82, 2.24) is 25.3 Å². The van der Waals surface area contributed by atoms with Gasteiger partial charge in [-0.2, -0.15) is 5.10 Å². The summed E-state index contributed by atoms with van der Waals surface area (Å²) in [6.07, 6.45) is 6.45. The van der Waals surface area contributed by atoms with Crippen molar-refractivity contribution in [3.63, 3.8) is 0 Å². The number of nitrogens with zero attached hydrogens (tertiary/aromatic N) is 4. The monoisotopic (exact) mass is 446 g/mol. The first-order valence-electron chi connectivity index (χ1n) is 7.82. The highest BCUT2D eigenvalue weighted by Gasteiger charge is 2.17. The van der Waals surface area contributed by atoms with E-state index in [-0.39, 0.29) is 30.0 Å². The first-order valence-corrected chi connectivity index (χ1v) is 7.82. The van der Waals surface area contributed by atoms with E-state index >= 15 is 0 Å². The second-order valence-corrected chi connectivity index (χ2v) is 5.50. The molecule has 0 saturated heterocycles. The van der Waals surface area contributed by atoms with Crippen LogP contribution in [0.3, 0.4) is 0 Å². The highest BCUT2D eigenvalue weighted by Crippen LogP contribution is 2.17. The Balaban J connectivity index is 0.00000288. The summed E-state index contributed by atoms with van der Waals surface area (Å²) < 4.78 is 7.44. The highest BCUT2D eigenvalue weighted by atomic mass is 127. The van der Waals surface area contributed by atoms with Gasteiger partial charge >= 0.3 is 0 Å². The molecule has 0 amide bonds. The van der Waals surface area contributed by atoms with Gasteiger partial charge in [0.1, 0.15) is 5.76 Å². The molecule has 2 aromatic rings. The molecule has 0 aliphatic rings. The highest BCUT2D eigenvalue weighted by molar-refractivity contribution is 14.0. The lowest BCUT2D eigenvalue weighted by atomic mass is 10.2. The van der Waals surface area contributed by atoms with Crippen molar-refractivity contribution in [1.29, 1.82) is 0 Å². The first-order chi connectivity index (χ1) is 11.2. The Hall–Kier alpha value is -1.55. The molecule has 1 atom stereocenters. The molecule has 8 heteroatoms. The quantitative estimate of drug-likeness (QED) is 0.281. The number of hydrogen-bond donors (Lipinski definition) is 2. The van der Waals surface area contributed by atoms with Crippen molar-refractivity contribution in [2.75, 3.05) is 34.2 Å². The number of aryl methyl sites for hydroxylation is 1. The molecule has 0 saturated carbocycles. The van der Waals surface area contributed by atoms with Crippen molar-refractivity contribution in [3.8, 4) is 0 Å². The number of nitrogens with one attached hydrogen (secondary N) is 2. The Kier molecular flexibility index (Phi) is 9.46. The molecular formula is C16H27IN6O. The lowest BCUT2D eigenvalue weighted by molar-refractivity contribution is 0.258. The largest absolute Gasteiger partial charge is 0.468 e. The Morgan fingerprint density at radius 2 is 2.21 bits per heavy atom. The van der Waals surface area contributed by atoms with Gasteiger partial charge in [-0.15, -0.1) is 24.0 Å². The topological polar surface area (TPSA) is 70.6 Å². The maximum Gasteiger partial charge on any atom is 0.191 e. The number of rotatable bonds is 8. The van der Waals surface area contributed by atoms with E-state index in [1.54, 1.807) is 19.5 Å². The van der Waals surface area contributed by atoms with Crippen molar-refractivity contribution in [2.24, 2.45) is 4.99 Å². The van der Waals surface area contributed by atoms with Crippen LogP contribution in [0, 0.1) is 0 Å². The SMILES string of the molecule is CN=C(NCCCn1cccn1)NCC(c1ccco1)N(C)C.I. The number of likely N-dealkylation sites (N-methyl/N-ethyl adjacent to an activating group) is 1. The smallest absolute Gasteiger partial charge is 0.191 e. The van der Waals surface area contributed by atoms with Gasteiger partial charge in [0.25, 0.3) is 0 Å². The summed E-state index contributed by atoms with van der Waals surface area (Å²) in [5.74, 6) is 1.74. The Bertz CT molecular complexity index is 567. The third-order valence-electron chi connectivity index (χ3n) is 3.60. The fourth-order valence-electron chi connectivity index (χ4n) is 2.31. The number of aromatic nitrogens is 2. The molecule has 2 rings (SSSR count). The summed E-state index contributed by atoms with van der Waals surface area (Å²) in [5.41, 5.74) is 0. The van der Waals surface area contributed by atoms with Crippen molar-refractivity contribution in [3.05, 3.63) is 42.6 Å². The fraction of sp³-hybridized carbons (Fsp3) is 0.500. The van der Waals surface area contributed by atoms with E-state index in [2.05, 4.69) is 25.6 Å². The van der Waals surface area contributed by atoms with Crippen LogP contribution < -0.4 is 10.6 Å².